The fourth-order valence-corrected chi connectivity index (χ4v) is 4.94. The van der Waals surface area contributed by atoms with E-state index in [2.05, 4.69) is 14.4 Å². The highest BCUT2D eigenvalue weighted by atomic mass is 32.2. The molecule has 0 amide bonds. The fraction of sp³-hybridized carbons (Fsp3) is 0.238. The number of hydrogen-bond donors (Lipinski definition) is 1. The second-order valence-electron chi connectivity index (χ2n) is 6.63. The van der Waals surface area contributed by atoms with Crippen molar-refractivity contribution in [3.8, 4) is 10.6 Å². The number of methoxy groups -OCH3 is 1. The van der Waals surface area contributed by atoms with Gasteiger partial charge in [0.15, 0.2) is 0 Å². The molecule has 1 N–H and O–H groups in total. The van der Waals surface area contributed by atoms with Crippen LogP contribution in [-0.2, 0) is 21.2 Å². The zero-order valence-electron chi connectivity index (χ0n) is 16.4. The van der Waals surface area contributed by atoms with Crippen molar-refractivity contribution in [2.24, 2.45) is 0 Å². The molecular formula is C21H22N2O4S2. The average molecular weight is 431 g/mol. The maximum absolute atomic E-state index is 12.7. The van der Waals surface area contributed by atoms with Gasteiger partial charge >= 0.3 is 5.97 Å². The van der Waals surface area contributed by atoms with E-state index in [1.807, 2.05) is 36.6 Å². The number of benzene rings is 2. The predicted octanol–water partition coefficient (Wildman–Crippen LogP) is 3.73. The molecule has 8 heteroatoms. The summed E-state index contributed by atoms with van der Waals surface area (Å²) < 4.78 is 32.6. The third-order valence-corrected chi connectivity index (χ3v) is 6.97. The van der Waals surface area contributed by atoms with Crippen LogP contribution in [0.25, 0.3) is 10.6 Å². The predicted molar refractivity (Wildman–Crippen MR) is 114 cm³/mol. The molecule has 0 fully saturated rings. The standard InChI is InChI=1S/C21H22N2O4S2/c1-14-4-7-16(8-5-14)20-23-18(13-28-20)10-11-22-29(25,26)19-12-17(21(24)27-3)9-6-15(19)2/h4-9,12-13,22H,10-11H2,1-3H3. The van der Waals surface area contributed by atoms with E-state index in [9.17, 15) is 13.2 Å². The highest BCUT2D eigenvalue weighted by Gasteiger charge is 2.19. The maximum atomic E-state index is 12.7. The minimum Gasteiger partial charge on any atom is -0.465 e. The molecule has 0 saturated heterocycles. The van der Waals surface area contributed by atoms with Gasteiger partial charge in [0.05, 0.1) is 23.3 Å². The smallest absolute Gasteiger partial charge is 0.337 e. The molecular weight excluding hydrogens is 408 g/mol. The largest absolute Gasteiger partial charge is 0.465 e. The van der Waals surface area contributed by atoms with Crippen molar-refractivity contribution in [1.82, 2.24) is 9.71 Å². The van der Waals surface area contributed by atoms with Gasteiger partial charge in [0.2, 0.25) is 10.0 Å². The van der Waals surface area contributed by atoms with Crippen molar-refractivity contribution in [1.29, 1.82) is 0 Å². The van der Waals surface area contributed by atoms with Crippen molar-refractivity contribution in [3.05, 3.63) is 70.2 Å². The van der Waals surface area contributed by atoms with Crippen molar-refractivity contribution in [2.45, 2.75) is 25.2 Å². The van der Waals surface area contributed by atoms with E-state index in [-0.39, 0.29) is 17.0 Å². The summed E-state index contributed by atoms with van der Waals surface area (Å²) in [4.78, 5) is 16.4. The first-order valence-corrected chi connectivity index (χ1v) is 11.4. The molecule has 29 heavy (non-hydrogen) atoms. The normalized spacial score (nSPS) is 11.4. The van der Waals surface area contributed by atoms with Crippen LogP contribution >= 0.6 is 11.3 Å². The van der Waals surface area contributed by atoms with Gasteiger partial charge in [-0.3, -0.25) is 0 Å². The van der Waals surface area contributed by atoms with E-state index >= 15 is 0 Å². The Hall–Kier alpha value is -2.55. The molecule has 3 aromatic rings. The zero-order valence-corrected chi connectivity index (χ0v) is 18.1. The number of sulfonamides is 1. The Labute approximate surface area is 174 Å². The molecule has 0 aliphatic heterocycles. The lowest BCUT2D eigenvalue weighted by atomic mass is 10.1. The van der Waals surface area contributed by atoms with E-state index in [0.717, 1.165) is 16.3 Å². The molecule has 2 aromatic carbocycles. The minimum atomic E-state index is -3.76. The van der Waals surface area contributed by atoms with Gasteiger partial charge < -0.3 is 4.74 Å². The van der Waals surface area contributed by atoms with Gasteiger partial charge in [0, 0.05) is 23.9 Å². The molecule has 0 aliphatic carbocycles. The Morgan fingerprint density at radius 3 is 2.55 bits per heavy atom. The van der Waals surface area contributed by atoms with Crippen LogP contribution in [0.5, 0.6) is 0 Å². The molecule has 0 bridgehead atoms. The van der Waals surface area contributed by atoms with Crippen LogP contribution in [0.4, 0.5) is 0 Å². The number of aryl methyl sites for hydroxylation is 2. The first-order valence-electron chi connectivity index (χ1n) is 9.00. The first kappa shape index (κ1) is 21.2. The van der Waals surface area contributed by atoms with Crippen LogP contribution in [0.1, 0.15) is 27.2 Å². The van der Waals surface area contributed by atoms with Crippen molar-refractivity contribution in [3.63, 3.8) is 0 Å². The number of esters is 1. The number of nitrogens with zero attached hydrogens (tertiary/aromatic N) is 1. The number of carbonyl (C=O) groups is 1. The third-order valence-electron chi connectivity index (χ3n) is 4.42. The molecule has 0 atom stereocenters. The van der Waals surface area contributed by atoms with Gasteiger partial charge in [-0.1, -0.05) is 35.9 Å². The lowest BCUT2D eigenvalue weighted by molar-refractivity contribution is 0.0600. The summed E-state index contributed by atoms with van der Waals surface area (Å²) in [6.45, 7) is 3.93. The van der Waals surface area contributed by atoms with Crippen LogP contribution in [0.15, 0.2) is 52.7 Å². The van der Waals surface area contributed by atoms with Gasteiger partial charge in [-0.15, -0.1) is 11.3 Å². The van der Waals surface area contributed by atoms with Crippen molar-refractivity contribution in [2.75, 3.05) is 13.7 Å². The maximum Gasteiger partial charge on any atom is 0.337 e. The summed E-state index contributed by atoms with van der Waals surface area (Å²) in [7, 11) is -2.50. The fourth-order valence-electron chi connectivity index (χ4n) is 2.78. The summed E-state index contributed by atoms with van der Waals surface area (Å²) in [5, 5.41) is 2.84. The number of carbonyl (C=O) groups excluding carboxylic acids is 1. The number of hydrogen-bond acceptors (Lipinski definition) is 6. The summed E-state index contributed by atoms with van der Waals surface area (Å²) in [6, 6.07) is 12.6. The van der Waals surface area contributed by atoms with Crippen LogP contribution in [0.2, 0.25) is 0 Å². The number of aromatic nitrogens is 1. The zero-order chi connectivity index (χ0) is 21.0. The lowest BCUT2D eigenvalue weighted by Crippen LogP contribution is -2.27. The van der Waals surface area contributed by atoms with Gasteiger partial charge in [-0.05, 0) is 31.5 Å². The van der Waals surface area contributed by atoms with Gasteiger partial charge in [0.25, 0.3) is 0 Å². The van der Waals surface area contributed by atoms with Crippen molar-refractivity contribution < 1.29 is 17.9 Å². The van der Waals surface area contributed by atoms with E-state index in [0.29, 0.717) is 12.0 Å². The third kappa shape index (κ3) is 5.09. The van der Waals surface area contributed by atoms with Gasteiger partial charge in [-0.25, -0.2) is 22.9 Å². The Balaban J connectivity index is 1.67. The molecule has 3 rings (SSSR count). The number of nitrogens with one attached hydrogen (secondary N) is 1. The Bertz CT molecular complexity index is 1120. The number of rotatable bonds is 7. The van der Waals surface area contributed by atoms with Crippen LogP contribution in [0.3, 0.4) is 0 Å². The molecule has 0 saturated carbocycles. The second kappa shape index (κ2) is 8.86. The molecule has 0 unspecified atom stereocenters. The number of ether oxygens (including phenoxy) is 1. The Morgan fingerprint density at radius 2 is 1.86 bits per heavy atom. The first-order chi connectivity index (χ1) is 13.8. The van der Waals surface area contributed by atoms with Crippen LogP contribution < -0.4 is 4.72 Å². The molecule has 0 spiro atoms. The molecule has 152 valence electrons. The SMILES string of the molecule is COC(=O)c1ccc(C)c(S(=O)(=O)NCCc2csc(-c3ccc(C)cc3)n2)c1. The van der Waals surface area contributed by atoms with E-state index in [1.54, 1.807) is 19.1 Å². The molecule has 1 aromatic heterocycles. The Kier molecular flexibility index (Phi) is 6.46. The lowest BCUT2D eigenvalue weighted by Gasteiger charge is -2.10. The minimum absolute atomic E-state index is 0.0685. The molecule has 0 radical (unpaired) electrons. The topological polar surface area (TPSA) is 85.4 Å². The molecule has 0 aliphatic rings. The highest BCUT2D eigenvalue weighted by molar-refractivity contribution is 7.89. The Morgan fingerprint density at radius 1 is 1.14 bits per heavy atom. The van der Waals surface area contributed by atoms with Crippen LogP contribution in [0, 0.1) is 13.8 Å². The summed E-state index contributed by atoms with van der Waals surface area (Å²) in [5.74, 6) is -0.576. The summed E-state index contributed by atoms with van der Waals surface area (Å²) in [6.07, 6.45) is 0.470. The quantitative estimate of drug-likeness (QED) is 0.577. The van der Waals surface area contributed by atoms with Gasteiger partial charge in [0.1, 0.15) is 5.01 Å². The molecule has 6 nitrogen and oxygen atoms in total. The second-order valence-corrected chi connectivity index (χ2v) is 9.22. The van der Waals surface area contributed by atoms with E-state index < -0.39 is 16.0 Å². The van der Waals surface area contributed by atoms with Gasteiger partial charge in [-0.2, -0.15) is 0 Å². The van der Waals surface area contributed by atoms with E-state index in [1.165, 1.54) is 30.1 Å². The number of thiazole rings is 1. The van der Waals surface area contributed by atoms with Crippen molar-refractivity contribution >= 4 is 27.3 Å². The highest BCUT2D eigenvalue weighted by Crippen LogP contribution is 2.24. The van der Waals surface area contributed by atoms with Crippen LogP contribution in [-0.4, -0.2) is 33.0 Å². The molecule has 1 heterocycles. The van der Waals surface area contributed by atoms with E-state index in [4.69, 9.17) is 0 Å². The monoisotopic (exact) mass is 430 g/mol. The summed E-state index contributed by atoms with van der Waals surface area (Å²) in [5.41, 5.74) is 3.81. The summed E-state index contributed by atoms with van der Waals surface area (Å²) >= 11 is 1.53. The average Bonchev–Trinajstić information content (AvgIpc) is 3.17.